The molecular formula is C12H4F5NO4. The van der Waals surface area contributed by atoms with Crippen LogP contribution in [0.1, 0.15) is 0 Å². The van der Waals surface area contributed by atoms with E-state index in [1.54, 1.807) is 0 Å². The molecule has 0 fully saturated rings. The minimum atomic E-state index is -2.29. The first kappa shape index (κ1) is 15.5. The van der Waals surface area contributed by atoms with E-state index in [1.165, 1.54) is 0 Å². The van der Waals surface area contributed by atoms with E-state index in [2.05, 4.69) is 0 Å². The van der Waals surface area contributed by atoms with Crippen molar-refractivity contribution in [2.75, 3.05) is 0 Å². The third-order valence-corrected chi connectivity index (χ3v) is 2.77. The zero-order valence-electron chi connectivity index (χ0n) is 10.2. The predicted molar refractivity (Wildman–Crippen MR) is 61.7 cm³/mol. The van der Waals surface area contributed by atoms with Crippen molar-refractivity contribution in [3.63, 3.8) is 0 Å². The topological polar surface area (TPSA) is 83.6 Å². The molecule has 0 amide bonds. The Hall–Kier alpha value is -2.91. The van der Waals surface area contributed by atoms with Crippen LogP contribution in [0.25, 0.3) is 11.1 Å². The maximum Gasteiger partial charge on any atom is 0.311 e. The van der Waals surface area contributed by atoms with Crippen LogP contribution in [0.4, 0.5) is 27.6 Å². The maximum absolute atomic E-state index is 13.7. The van der Waals surface area contributed by atoms with E-state index in [0.717, 1.165) is 0 Å². The summed E-state index contributed by atoms with van der Waals surface area (Å²) >= 11 is 0. The van der Waals surface area contributed by atoms with Gasteiger partial charge in [-0.1, -0.05) is 0 Å². The summed E-state index contributed by atoms with van der Waals surface area (Å²) in [5, 5.41) is 28.8. The van der Waals surface area contributed by atoms with Crippen LogP contribution in [0.3, 0.4) is 0 Å². The summed E-state index contributed by atoms with van der Waals surface area (Å²) in [4.78, 5) is 9.44. The number of rotatable bonds is 2. The highest BCUT2D eigenvalue weighted by Gasteiger charge is 2.29. The Kier molecular flexibility index (Phi) is 3.61. The first-order chi connectivity index (χ1) is 10.2. The molecule has 0 unspecified atom stereocenters. The summed E-state index contributed by atoms with van der Waals surface area (Å²) in [6.45, 7) is 0. The lowest BCUT2D eigenvalue weighted by molar-refractivity contribution is -0.385. The van der Waals surface area contributed by atoms with Crippen LogP contribution in [-0.2, 0) is 0 Å². The SMILES string of the molecule is O=[N+]([O-])c1cc(-c2c(F)c(O)c(F)c(F)c2F)c(F)cc1O. The fraction of sp³-hybridized carbons (Fsp3) is 0. The molecule has 0 saturated heterocycles. The van der Waals surface area contributed by atoms with Crippen LogP contribution in [0.5, 0.6) is 11.5 Å². The van der Waals surface area contributed by atoms with Crippen molar-refractivity contribution >= 4 is 5.69 Å². The molecule has 0 aliphatic heterocycles. The van der Waals surface area contributed by atoms with Gasteiger partial charge in [0.25, 0.3) is 0 Å². The molecule has 2 rings (SSSR count). The van der Waals surface area contributed by atoms with Gasteiger partial charge in [-0.05, 0) is 0 Å². The van der Waals surface area contributed by atoms with Crippen molar-refractivity contribution < 1.29 is 37.1 Å². The molecule has 22 heavy (non-hydrogen) atoms. The quantitative estimate of drug-likeness (QED) is 0.292. The van der Waals surface area contributed by atoms with Gasteiger partial charge in [-0.25, -0.2) is 17.6 Å². The third kappa shape index (κ3) is 2.18. The lowest BCUT2D eigenvalue weighted by Gasteiger charge is -2.10. The fourth-order valence-corrected chi connectivity index (χ4v) is 1.75. The van der Waals surface area contributed by atoms with E-state index < -0.39 is 62.3 Å². The fourth-order valence-electron chi connectivity index (χ4n) is 1.75. The Morgan fingerprint density at radius 1 is 0.909 bits per heavy atom. The lowest BCUT2D eigenvalue weighted by Crippen LogP contribution is -2.02. The van der Waals surface area contributed by atoms with E-state index >= 15 is 0 Å². The van der Waals surface area contributed by atoms with Crippen molar-refractivity contribution in [3.05, 3.63) is 51.3 Å². The summed E-state index contributed by atoms with van der Waals surface area (Å²) in [5.74, 6) is -13.4. The van der Waals surface area contributed by atoms with Gasteiger partial charge in [-0.15, -0.1) is 0 Å². The van der Waals surface area contributed by atoms with Crippen molar-refractivity contribution in [1.82, 2.24) is 0 Å². The molecule has 0 aliphatic rings. The van der Waals surface area contributed by atoms with Crippen LogP contribution in [0, 0.1) is 39.2 Å². The first-order valence-electron chi connectivity index (χ1n) is 5.39. The molecule has 0 aliphatic carbocycles. The molecule has 0 aromatic heterocycles. The molecule has 0 radical (unpaired) electrons. The summed E-state index contributed by atoms with van der Waals surface area (Å²) in [6, 6.07) is 0.396. The molecule has 116 valence electrons. The number of halogens is 5. The van der Waals surface area contributed by atoms with E-state index in [9.17, 15) is 37.2 Å². The minimum absolute atomic E-state index is 0.171. The van der Waals surface area contributed by atoms with Crippen molar-refractivity contribution in [3.8, 4) is 22.6 Å². The molecule has 2 aromatic carbocycles. The largest absolute Gasteiger partial charge is 0.503 e. The average molecular weight is 321 g/mol. The number of nitro benzene ring substituents is 1. The van der Waals surface area contributed by atoms with E-state index in [0.29, 0.717) is 0 Å². The minimum Gasteiger partial charge on any atom is -0.503 e. The molecule has 0 bridgehead atoms. The summed E-state index contributed by atoms with van der Waals surface area (Å²) in [6.07, 6.45) is 0. The zero-order valence-corrected chi connectivity index (χ0v) is 10.2. The van der Waals surface area contributed by atoms with Gasteiger partial charge in [0.15, 0.2) is 29.0 Å². The first-order valence-corrected chi connectivity index (χ1v) is 5.39. The van der Waals surface area contributed by atoms with Crippen molar-refractivity contribution in [1.29, 1.82) is 0 Å². The molecule has 0 atom stereocenters. The Morgan fingerprint density at radius 3 is 2.05 bits per heavy atom. The highest BCUT2D eigenvalue weighted by molar-refractivity contribution is 5.72. The molecule has 0 spiro atoms. The maximum atomic E-state index is 13.7. The van der Waals surface area contributed by atoms with Crippen molar-refractivity contribution in [2.24, 2.45) is 0 Å². The number of nitrogens with zero attached hydrogens (tertiary/aromatic N) is 1. The van der Waals surface area contributed by atoms with E-state index in [4.69, 9.17) is 5.11 Å². The smallest absolute Gasteiger partial charge is 0.311 e. The number of phenolic OH excluding ortho intramolecular Hbond substituents is 2. The van der Waals surface area contributed by atoms with Gasteiger partial charge in [0, 0.05) is 17.7 Å². The molecule has 10 heteroatoms. The van der Waals surface area contributed by atoms with E-state index in [1.807, 2.05) is 0 Å². The summed E-state index contributed by atoms with van der Waals surface area (Å²) in [7, 11) is 0. The Morgan fingerprint density at radius 2 is 1.50 bits per heavy atom. The van der Waals surface area contributed by atoms with Crippen molar-refractivity contribution in [2.45, 2.75) is 0 Å². The van der Waals surface area contributed by atoms with Gasteiger partial charge in [0.1, 0.15) is 5.82 Å². The normalized spacial score (nSPS) is 10.8. The Balaban J connectivity index is 2.89. The van der Waals surface area contributed by atoms with Gasteiger partial charge >= 0.3 is 5.69 Å². The van der Waals surface area contributed by atoms with Gasteiger partial charge in [0.05, 0.1) is 10.5 Å². The summed E-state index contributed by atoms with van der Waals surface area (Å²) < 4.78 is 67.2. The second kappa shape index (κ2) is 5.13. The van der Waals surface area contributed by atoms with Crippen LogP contribution >= 0.6 is 0 Å². The Bertz CT molecular complexity index is 780. The Labute approximate surface area is 118 Å². The molecule has 2 aromatic rings. The second-order valence-electron chi connectivity index (χ2n) is 4.06. The van der Waals surface area contributed by atoms with Gasteiger partial charge in [0.2, 0.25) is 5.82 Å². The summed E-state index contributed by atoms with van der Waals surface area (Å²) in [5.41, 5.74) is -3.84. The number of hydrogen-bond acceptors (Lipinski definition) is 4. The molecule has 0 heterocycles. The molecular weight excluding hydrogens is 317 g/mol. The van der Waals surface area contributed by atoms with Crippen LogP contribution in [0.15, 0.2) is 12.1 Å². The monoisotopic (exact) mass is 321 g/mol. The number of aromatic hydroxyl groups is 2. The van der Waals surface area contributed by atoms with E-state index in [-0.39, 0.29) is 12.1 Å². The molecule has 5 nitrogen and oxygen atoms in total. The highest BCUT2D eigenvalue weighted by Crippen LogP contribution is 2.40. The van der Waals surface area contributed by atoms with Crippen LogP contribution < -0.4 is 0 Å². The number of nitro groups is 1. The highest BCUT2D eigenvalue weighted by atomic mass is 19.2. The molecule has 2 N–H and O–H groups in total. The van der Waals surface area contributed by atoms with Crippen LogP contribution in [0.2, 0.25) is 0 Å². The lowest BCUT2D eigenvalue weighted by atomic mass is 10.0. The third-order valence-electron chi connectivity index (χ3n) is 2.77. The number of phenols is 2. The van der Waals surface area contributed by atoms with Gasteiger partial charge in [-0.2, -0.15) is 4.39 Å². The predicted octanol–water partition coefficient (Wildman–Crippen LogP) is 3.37. The number of benzene rings is 2. The zero-order chi connectivity index (χ0) is 16.8. The standard InChI is InChI=1S/C12H4F5NO4/c13-4-2-6(19)5(18(21)22)1-3(4)7-8(14)10(16)11(17)12(20)9(7)15/h1-2,19-20H. The van der Waals surface area contributed by atoms with Gasteiger partial charge in [-0.3, -0.25) is 10.1 Å². The second-order valence-corrected chi connectivity index (χ2v) is 4.06. The van der Waals surface area contributed by atoms with Gasteiger partial charge < -0.3 is 10.2 Å². The number of hydrogen-bond donors (Lipinski definition) is 2. The molecule has 0 saturated carbocycles. The average Bonchev–Trinajstić information content (AvgIpc) is 2.45. The van der Waals surface area contributed by atoms with Crippen LogP contribution in [-0.4, -0.2) is 15.1 Å².